The van der Waals surface area contributed by atoms with Crippen molar-refractivity contribution in [3.8, 4) is 5.75 Å². The Bertz CT molecular complexity index is 391. The summed E-state index contributed by atoms with van der Waals surface area (Å²) in [7, 11) is 0. The number of fused-ring (bicyclic) bond motifs is 3. The predicted molar refractivity (Wildman–Crippen MR) is 58.7 cm³/mol. The lowest BCUT2D eigenvalue weighted by molar-refractivity contribution is 0.229. The SMILES string of the molecule is NC1CCN2CCc3cccc(O)c3C12. The zero-order chi connectivity index (χ0) is 10.4. The van der Waals surface area contributed by atoms with E-state index in [9.17, 15) is 5.11 Å². The van der Waals surface area contributed by atoms with Crippen LogP contribution in [0.25, 0.3) is 0 Å². The summed E-state index contributed by atoms with van der Waals surface area (Å²) in [4.78, 5) is 2.40. The average molecular weight is 204 g/mol. The van der Waals surface area contributed by atoms with Crippen molar-refractivity contribution in [2.75, 3.05) is 13.1 Å². The molecule has 3 nitrogen and oxygen atoms in total. The molecule has 0 spiro atoms. The zero-order valence-corrected chi connectivity index (χ0v) is 8.69. The van der Waals surface area contributed by atoms with Crippen LogP contribution in [0.2, 0.25) is 0 Å². The summed E-state index contributed by atoms with van der Waals surface area (Å²) in [5, 5.41) is 9.94. The summed E-state index contributed by atoms with van der Waals surface area (Å²) < 4.78 is 0. The molecule has 1 aromatic carbocycles. The van der Waals surface area contributed by atoms with Crippen molar-refractivity contribution in [1.82, 2.24) is 4.90 Å². The molecule has 0 radical (unpaired) electrons. The van der Waals surface area contributed by atoms with Gasteiger partial charge in [-0.1, -0.05) is 12.1 Å². The molecular weight excluding hydrogens is 188 g/mol. The van der Waals surface area contributed by atoms with Crippen LogP contribution in [-0.2, 0) is 6.42 Å². The molecular formula is C12H16N2O. The second-order valence-electron chi connectivity index (χ2n) is 4.53. The van der Waals surface area contributed by atoms with Gasteiger partial charge >= 0.3 is 0 Å². The van der Waals surface area contributed by atoms with E-state index >= 15 is 0 Å². The van der Waals surface area contributed by atoms with Gasteiger partial charge < -0.3 is 10.8 Å². The van der Waals surface area contributed by atoms with Crippen molar-refractivity contribution >= 4 is 0 Å². The lowest BCUT2D eigenvalue weighted by Crippen LogP contribution is -2.37. The Kier molecular flexibility index (Phi) is 1.97. The molecule has 0 aliphatic carbocycles. The average Bonchev–Trinajstić information content (AvgIpc) is 2.61. The number of hydrogen-bond donors (Lipinski definition) is 2. The molecule has 0 aromatic heterocycles. The van der Waals surface area contributed by atoms with E-state index in [4.69, 9.17) is 5.73 Å². The van der Waals surface area contributed by atoms with Crippen molar-refractivity contribution in [2.45, 2.75) is 24.9 Å². The van der Waals surface area contributed by atoms with Gasteiger partial charge in [-0.2, -0.15) is 0 Å². The van der Waals surface area contributed by atoms with E-state index < -0.39 is 0 Å². The summed E-state index contributed by atoms with van der Waals surface area (Å²) in [5.41, 5.74) is 8.47. The van der Waals surface area contributed by atoms with Gasteiger partial charge in [0, 0.05) is 24.7 Å². The minimum Gasteiger partial charge on any atom is -0.508 e. The normalized spacial score (nSPS) is 29.9. The fraction of sp³-hybridized carbons (Fsp3) is 0.500. The molecule has 2 heterocycles. The van der Waals surface area contributed by atoms with Gasteiger partial charge in [0.05, 0.1) is 6.04 Å². The van der Waals surface area contributed by atoms with Crippen LogP contribution in [0.4, 0.5) is 0 Å². The molecule has 1 saturated heterocycles. The van der Waals surface area contributed by atoms with E-state index in [1.807, 2.05) is 6.07 Å². The number of nitrogens with two attached hydrogens (primary N) is 1. The third kappa shape index (κ3) is 1.27. The smallest absolute Gasteiger partial charge is 0.120 e. The summed E-state index contributed by atoms with van der Waals surface area (Å²) >= 11 is 0. The van der Waals surface area contributed by atoms with E-state index in [2.05, 4.69) is 11.0 Å². The van der Waals surface area contributed by atoms with Gasteiger partial charge in [-0.15, -0.1) is 0 Å². The lowest BCUT2D eigenvalue weighted by atomic mass is 9.90. The maximum Gasteiger partial charge on any atom is 0.120 e. The van der Waals surface area contributed by atoms with Crippen LogP contribution in [0, 0.1) is 0 Å². The first-order chi connectivity index (χ1) is 7.27. The van der Waals surface area contributed by atoms with Crippen LogP contribution in [0.15, 0.2) is 18.2 Å². The molecule has 2 atom stereocenters. The molecule has 3 heteroatoms. The number of hydrogen-bond acceptors (Lipinski definition) is 3. The molecule has 0 bridgehead atoms. The van der Waals surface area contributed by atoms with E-state index in [0.717, 1.165) is 31.5 Å². The summed E-state index contributed by atoms with van der Waals surface area (Å²) in [6.45, 7) is 2.15. The van der Waals surface area contributed by atoms with E-state index in [0.29, 0.717) is 5.75 Å². The molecule has 0 amide bonds. The van der Waals surface area contributed by atoms with E-state index in [-0.39, 0.29) is 12.1 Å². The first kappa shape index (κ1) is 9.19. The van der Waals surface area contributed by atoms with Crippen LogP contribution in [0.3, 0.4) is 0 Å². The topological polar surface area (TPSA) is 49.5 Å². The van der Waals surface area contributed by atoms with Crippen molar-refractivity contribution in [3.05, 3.63) is 29.3 Å². The molecule has 1 fully saturated rings. The Morgan fingerprint density at radius 1 is 1.33 bits per heavy atom. The van der Waals surface area contributed by atoms with Crippen molar-refractivity contribution in [3.63, 3.8) is 0 Å². The van der Waals surface area contributed by atoms with Crippen molar-refractivity contribution < 1.29 is 5.11 Å². The van der Waals surface area contributed by atoms with Gasteiger partial charge in [0.25, 0.3) is 0 Å². The maximum atomic E-state index is 9.94. The number of phenolic OH excluding ortho intramolecular Hbond substituents is 1. The van der Waals surface area contributed by atoms with Gasteiger partial charge in [-0.05, 0) is 24.5 Å². The third-order valence-electron chi connectivity index (χ3n) is 3.69. The fourth-order valence-electron chi connectivity index (χ4n) is 2.95. The number of phenols is 1. The van der Waals surface area contributed by atoms with Gasteiger partial charge in [-0.25, -0.2) is 0 Å². The molecule has 15 heavy (non-hydrogen) atoms. The summed E-state index contributed by atoms with van der Waals surface area (Å²) in [5.74, 6) is 0.416. The van der Waals surface area contributed by atoms with E-state index in [1.54, 1.807) is 6.07 Å². The van der Waals surface area contributed by atoms with Gasteiger partial charge in [-0.3, -0.25) is 4.90 Å². The Labute approximate surface area is 89.5 Å². The largest absolute Gasteiger partial charge is 0.508 e. The first-order valence-corrected chi connectivity index (χ1v) is 5.58. The Morgan fingerprint density at radius 2 is 2.20 bits per heavy atom. The van der Waals surface area contributed by atoms with Crippen LogP contribution in [0.5, 0.6) is 5.75 Å². The highest BCUT2D eigenvalue weighted by Gasteiger charge is 2.38. The predicted octanol–water partition coefficient (Wildman–Crippen LogP) is 1.02. The van der Waals surface area contributed by atoms with Crippen molar-refractivity contribution in [2.24, 2.45) is 5.73 Å². The summed E-state index contributed by atoms with van der Waals surface area (Å²) in [6, 6.07) is 6.22. The van der Waals surface area contributed by atoms with E-state index in [1.165, 1.54) is 5.56 Å². The molecule has 80 valence electrons. The van der Waals surface area contributed by atoms with Gasteiger partial charge in [0.1, 0.15) is 5.75 Å². The third-order valence-corrected chi connectivity index (χ3v) is 3.69. The van der Waals surface area contributed by atoms with Crippen LogP contribution < -0.4 is 5.73 Å². The second-order valence-corrected chi connectivity index (χ2v) is 4.53. The fourth-order valence-corrected chi connectivity index (χ4v) is 2.95. The maximum absolute atomic E-state index is 9.94. The number of benzene rings is 1. The molecule has 2 aliphatic heterocycles. The highest BCUT2D eigenvalue weighted by atomic mass is 16.3. The molecule has 1 aromatic rings. The minimum atomic E-state index is 0.178. The number of nitrogens with zero attached hydrogens (tertiary/aromatic N) is 1. The molecule has 3 N–H and O–H groups in total. The second kappa shape index (κ2) is 3.22. The molecule has 2 aliphatic rings. The molecule has 2 unspecified atom stereocenters. The monoisotopic (exact) mass is 204 g/mol. The van der Waals surface area contributed by atoms with Gasteiger partial charge in [0.15, 0.2) is 0 Å². The first-order valence-electron chi connectivity index (χ1n) is 5.58. The molecule has 0 saturated carbocycles. The minimum absolute atomic E-state index is 0.178. The van der Waals surface area contributed by atoms with Crippen LogP contribution >= 0.6 is 0 Å². The highest BCUT2D eigenvalue weighted by molar-refractivity contribution is 5.44. The zero-order valence-electron chi connectivity index (χ0n) is 8.69. The van der Waals surface area contributed by atoms with Crippen LogP contribution in [0.1, 0.15) is 23.6 Å². The Balaban J connectivity index is 2.12. The Hall–Kier alpha value is -1.06. The van der Waals surface area contributed by atoms with Crippen molar-refractivity contribution in [1.29, 1.82) is 0 Å². The standard InChI is InChI=1S/C12H16N2O/c13-9-5-7-14-6-4-8-2-1-3-10(15)11(8)12(9)14/h1-3,9,12,15H,4-7,13H2. The summed E-state index contributed by atoms with van der Waals surface area (Å²) in [6.07, 6.45) is 2.07. The quantitative estimate of drug-likeness (QED) is 0.663. The highest BCUT2D eigenvalue weighted by Crippen LogP contribution is 2.41. The molecule has 3 rings (SSSR count). The lowest BCUT2D eigenvalue weighted by Gasteiger charge is -2.33. The Morgan fingerprint density at radius 3 is 3.07 bits per heavy atom. The van der Waals surface area contributed by atoms with Gasteiger partial charge in [0.2, 0.25) is 0 Å². The number of rotatable bonds is 0. The number of aromatic hydroxyl groups is 1. The van der Waals surface area contributed by atoms with Crippen LogP contribution in [-0.4, -0.2) is 29.1 Å².